The summed E-state index contributed by atoms with van der Waals surface area (Å²) in [5.41, 5.74) is 0.891. The van der Waals surface area contributed by atoms with Gasteiger partial charge in [0.05, 0.1) is 16.8 Å². The molecule has 0 aliphatic heterocycles. The minimum Gasteiger partial charge on any atom is -0.494 e. The van der Waals surface area contributed by atoms with Crippen molar-refractivity contribution in [2.24, 2.45) is 0 Å². The smallest absolute Gasteiger partial charge is 0.226 e. The highest BCUT2D eigenvalue weighted by atomic mass is 32.1. The van der Waals surface area contributed by atoms with Crippen molar-refractivity contribution in [1.29, 1.82) is 0 Å². The Labute approximate surface area is 123 Å². The Bertz CT molecular complexity index is 580. The molecule has 4 nitrogen and oxygen atoms in total. The molecule has 1 heterocycles. The lowest BCUT2D eigenvalue weighted by molar-refractivity contribution is -0.116. The van der Waals surface area contributed by atoms with E-state index in [1.807, 2.05) is 25.1 Å². The maximum Gasteiger partial charge on any atom is 0.226 e. The van der Waals surface area contributed by atoms with Crippen LogP contribution in [-0.2, 0) is 4.79 Å². The number of rotatable bonds is 7. The lowest BCUT2D eigenvalue weighted by Crippen LogP contribution is -2.10. The number of nitrogens with one attached hydrogen (secondary N) is 1. The van der Waals surface area contributed by atoms with Gasteiger partial charge in [-0.25, -0.2) is 4.98 Å². The van der Waals surface area contributed by atoms with E-state index >= 15 is 0 Å². The average Bonchev–Trinajstić information content (AvgIpc) is 2.80. The van der Waals surface area contributed by atoms with Crippen molar-refractivity contribution in [2.45, 2.75) is 39.5 Å². The van der Waals surface area contributed by atoms with Gasteiger partial charge in [0.1, 0.15) is 5.75 Å². The number of carbonyl (C=O) groups is 1. The molecular weight excluding hydrogens is 272 g/mol. The highest BCUT2D eigenvalue weighted by molar-refractivity contribution is 7.22. The van der Waals surface area contributed by atoms with Gasteiger partial charge >= 0.3 is 0 Å². The number of fused-ring (bicyclic) bond motifs is 1. The SMILES string of the molecule is CCCCCC(=O)Nc1nc2ccc(OCC)cc2s1. The molecule has 108 valence electrons. The molecule has 0 atom stereocenters. The fourth-order valence-corrected chi connectivity index (χ4v) is 2.84. The Morgan fingerprint density at radius 1 is 1.35 bits per heavy atom. The van der Waals surface area contributed by atoms with Gasteiger partial charge in [-0.05, 0) is 31.5 Å². The van der Waals surface area contributed by atoms with Crippen molar-refractivity contribution in [3.05, 3.63) is 18.2 Å². The molecule has 0 spiro atoms. The molecule has 0 saturated carbocycles. The van der Waals surface area contributed by atoms with Crippen LogP contribution >= 0.6 is 11.3 Å². The topological polar surface area (TPSA) is 51.2 Å². The predicted octanol–water partition coefficient (Wildman–Crippen LogP) is 4.21. The maximum atomic E-state index is 11.8. The molecule has 0 fully saturated rings. The fraction of sp³-hybridized carbons (Fsp3) is 0.467. The third kappa shape index (κ3) is 3.93. The van der Waals surface area contributed by atoms with Crippen LogP contribution in [0.2, 0.25) is 0 Å². The Morgan fingerprint density at radius 3 is 2.95 bits per heavy atom. The van der Waals surface area contributed by atoms with Crippen LogP contribution in [0.15, 0.2) is 18.2 Å². The lowest BCUT2D eigenvalue weighted by atomic mass is 10.2. The first kappa shape index (κ1) is 14.8. The van der Waals surface area contributed by atoms with E-state index in [1.165, 1.54) is 11.3 Å². The van der Waals surface area contributed by atoms with E-state index in [0.29, 0.717) is 18.2 Å². The number of benzene rings is 1. The van der Waals surface area contributed by atoms with Crippen molar-refractivity contribution in [3.63, 3.8) is 0 Å². The number of hydrogen-bond acceptors (Lipinski definition) is 4. The quantitative estimate of drug-likeness (QED) is 0.778. The number of carbonyl (C=O) groups excluding carboxylic acids is 1. The van der Waals surface area contributed by atoms with Gasteiger partial charge in [-0.1, -0.05) is 31.1 Å². The number of nitrogens with zero attached hydrogens (tertiary/aromatic N) is 1. The Hall–Kier alpha value is -1.62. The zero-order chi connectivity index (χ0) is 14.4. The summed E-state index contributed by atoms with van der Waals surface area (Å²) in [6.07, 6.45) is 3.70. The van der Waals surface area contributed by atoms with Crippen LogP contribution in [0.1, 0.15) is 39.5 Å². The minimum atomic E-state index is 0.0440. The van der Waals surface area contributed by atoms with Crippen molar-refractivity contribution in [3.8, 4) is 5.75 Å². The Morgan fingerprint density at radius 2 is 2.20 bits per heavy atom. The van der Waals surface area contributed by atoms with Gasteiger partial charge in [0.2, 0.25) is 5.91 Å². The lowest BCUT2D eigenvalue weighted by Gasteiger charge is -2.00. The normalized spacial score (nSPS) is 10.7. The number of thiazole rings is 1. The van der Waals surface area contributed by atoms with Gasteiger partial charge in [0.15, 0.2) is 5.13 Å². The van der Waals surface area contributed by atoms with Crippen LogP contribution in [0.3, 0.4) is 0 Å². The van der Waals surface area contributed by atoms with E-state index in [1.54, 1.807) is 0 Å². The molecule has 1 aromatic carbocycles. The second kappa shape index (κ2) is 7.24. The fourth-order valence-electron chi connectivity index (χ4n) is 1.93. The molecule has 0 radical (unpaired) electrons. The van der Waals surface area contributed by atoms with Crippen molar-refractivity contribution < 1.29 is 9.53 Å². The molecular formula is C15H20N2O2S. The third-order valence-electron chi connectivity index (χ3n) is 2.92. The summed E-state index contributed by atoms with van der Waals surface area (Å²) in [6, 6.07) is 5.78. The zero-order valence-electron chi connectivity index (χ0n) is 11.9. The number of unbranched alkanes of at least 4 members (excludes halogenated alkanes) is 2. The molecule has 20 heavy (non-hydrogen) atoms. The summed E-state index contributed by atoms with van der Waals surface area (Å²) in [5.74, 6) is 0.881. The summed E-state index contributed by atoms with van der Waals surface area (Å²) in [4.78, 5) is 16.2. The molecule has 0 aliphatic rings. The van der Waals surface area contributed by atoms with E-state index in [2.05, 4.69) is 17.2 Å². The summed E-state index contributed by atoms with van der Waals surface area (Å²) in [6.45, 7) is 4.73. The molecule has 1 amide bonds. The van der Waals surface area contributed by atoms with Crippen molar-refractivity contribution in [1.82, 2.24) is 4.98 Å². The molecule has 0 aliphatic carbocycles. The van der Waals surface area contributed by atoms with Gasteiger partial charge in [0.25, 0.3) is 0 Å². The van der Waals surface area contributed by atoms with Gasteiger partial charge in [-0.3, -0.25) is 4.79 Å². The molecule has 1 N–H and O–H groups in total. The summed E-state index contributed by atoms with van der Waals surface area (Å²) < 4.78 is 6.49. The van der Waals surface area contributed by atoms with Crippen LogP contribution in [0.4, 0.5) is 5.13 Å². The second-order valence-corrected chi connectivity index (χ2v) is 5.62. The molecule has 2 rings (SSSR count). The monoisotopic (exact) mass is 292 g/mol. The number of hydrogen-bond donors (Lipinski definition) is 1. The largest absolute Gasteiger partial charge is 0.494 e. The summed E-state index contributed by atoms with van der Waals surface area (Å²) >= 11 is 1.48. The van der Waals surface area contributed by atoms with Crippen LogP contribution in [0.25, 0.3) is 10.2 Å². The summed E-state index contributed by atoms with van der Waals surface area (Å²) in [5, 5.41) is 3.53. The van der Waals surface area contributed by atoms with E-state index in [0.717, 1.165) is 35.2 Å². The number of ether oxygens (including phenoxy) is 1. The average molecular weight is 292 g/mol. The van der Waals surface area contributed by atoms with Gasteiger partial charge in [0, 0.05) is 6.42 Å². The Balaban J connectivity index is 2.02. The molecule has 2 aromatic rings. The standard InChI is InChI=1S/C15H20N2O2S/c1-3-5-6-7-14(18)17-15-16-12-9-8-11(19-4-2)10-13(12)20-15/h8-10H,3-7H2,1-2H3,(H,16,17,18). The minimum absolute atomic E-state index is 0.0440. The van der Waals surface area contributed by atoms with Crippen LogP contribution in [0, 0.1) is 0 Å². The van der Waals surface area contributed by atoms with Crippen molar-refractivity contribution >= 4 is 32.6 Å². The molecule has 0 saturated heterocycles. The Kier molecular flexibility index (Phi) is 5.35. The van der Waals surface area contributed by atoms with Crippen LogP contribution in [-0.4, -0.2) is 17.5 Å². The number of amides is 1. The first-order valence-corrected chi connectivity index (χ1v) is 7.87. The van der Waals surface area contributed by atoms with E-state index < -0.39 is 0 Å². The van der Waals surface area contributed by atoms with Crippen LogP contribution < -0.4 is 10.1 Å². The predicted molar refractivity (Wildman–Crippen MR) is 83.6 cm³/mol. The van der Waals surface area contributed by atoms with E-state index in [-0.39, 0.29) is 5.91 Å². The van der Waals surface area contributed by atoms with Crippen molar-refractivity contribution in [2.75, 3.05) is 11.9 Å². The molecule has 5 heteroatoms. The first-order chi connectivity index (χ1) is 9.72. The zero-order valence-corrected chi connectivity index (χ0v) is 12.8. The van der Waals surface area contributed by atoms with Gasteiger partial charge < -0.3 is 10.1 Å². The highest BCUT2D eigenvalue weighted by Crippen LogP contribution is 2.29. The van der Waals surface area contributed by atoms with E-state index in [4.69, 9.17) is 4.74 Å². The summed E-state index contributed by atoms with van der Waals surface area (Å²) in [7, 11) is 0. The van der Waals surface area contributed by atoms with Gasteiger partial charge in [-0.15, -0.1) is 0 Å². The van der Waals surface area contributed by atoms with Crippen LogP contribution in [0.5, 0.6) is 5.75 Å². The van der Waals surface area contributed by atoms with Gasteiger partial charge in [-0.2, -0.15) is 0 Å². The molecule has 0 unspecified atom stereocenters. The van der Waals surface area contributed by atoms with E-state index in [9.17, 15) is 4.79 Å². The number of aromatic nitrogens is 1. The number of anilines is 1. The highest BCUT2D eigenvalue weighted by Gasteiger charge is 2.08. The second-order valence-electron chi connectivity index (χ2n) is 4.59. The molecule has 0 bridgehead atoms. The molecule has 1 aromatic heterocycles. The maximum absolute atomic E-state index is 11.8. The first-order valence-electron chi connectivity index (χ1n) is 7.06. The third-order valence-corrected chi connectivity index (χ3v) is 3.86.